The molecule has 2 aliphatic rings. The van der Waals surface area contributed by atoms with Gasteiger partial charge in [-0.25, -0.2) is 0 Å². The van der Waals surface area contributed by atoms with E-state index in [0.717, 1.165) is 5.39 Å². The second kappa shape index (κ2) is 7.95. The first-order chi connectivity index (χ1) is 17.0. The first kappa shape index (κ1) is 20.9. The smallest absolute Gasteiger partial charge is 0.312 e. The Morgan fingerprint density at radius 1 is 1.09 bits per heavy atom. The second-order valence-electron chi connectivity index (χ2n) is 8.32. The molecule has 1 atom stereocenters. The quantitative estimate of drug-likeness (QED) is 0.276. The number of fused-ring (bicyclic) bond motifs is 4. The lowest BCUT2D eigenvalue weighted by Gasteiger charge is -2.26. The van der Waals surface area contributed by atoms with E-state index in [2.05, 4.69) is 9.97 Å². The van der Waals surface area contributed by atoms with Crippen molar-refractivity contribution in [1.82, 2.24) is 9.97 Å². The van der Waals surface area contributed by atoms with E-state index in [4.69, 9.17) is 14.2 Å². The molecule has 4 aromatic rings. The van der Waals surface area contributed by atoms with E-state index in [1.54, 1.807) is 62.0 Å². The number of ketones is 1. The van der Waals surface area contributed by atoms with Crippen molar-refractivity contribution in [3.63, 3.8) is 0 Å². The van der Waals surface area contributed by atoms with Crippen LogP contribution >= 0.6 is 0 Å². The molecule has 172 valence electrons. The zero-order chi connectivity index (χ0) is 24.1. The van der Waals surface area contributed by atoms with Crippen molar-refractivity contribution >= 4 is 28.7 Å². The number of nitrogens with one attached hydrogen (secondary N) is 1. The fourth-order valence-corrected chi connectivity index (χ4v) is 4.57. The molecule has 0 bridgehead atoms. The van der Waals surface area contributed by atoms with Crippen LogP contribution in [0.4, 0.5) is 0 Å². The van der Waals surface area contributed by atoms with Crippen molar-refractivity contribution in [2.75, 3.05) is 7.11 Å². The van der Waals surface area contributed by atoms with Crippen LogP contribution in [0.3, 0.4) is 0 Å². The predicted molar refractivity (Wildman–Crippen MR) is 127 cm³/mol. The van der Waals surface area contributed by atoms with Crippen LogP contribution in [0.5, 0.6) is 17.2 Å². The van der Waals surface area contributed by atoms with Crippen LogP contribution in [0.1, 0.15) is 39.4 Å². The van der Waals surface area contributed by atoms with E-state index in [1.807, 2.05) is 12.1 Å². The number of ether oxygens (including phenoxy) is 3. The number of carbonyl (C=O) groups excluding carboxylic acids is 2. The van der Waals surface area contributed by atoms with Crippen molar-refractivity contribution in [1.29, 1.82) is 0 Å². The number of Topliss-reactive ketones (excluding diaryl/α,β-unsaturated/α-hetero) is 1. The highest BCUT2D eigenvalue weighted by molar-refractivity contribution is 6.15. The molecular weight excluding hydrogens is 448 g/mol. The molecule has 0 saturated carbocycles. The zero-order valence-electron chi connectivity index (χ0n) is 18.5. The van der Waals surface area contributed by atoms with Gasteiger partial charge in [-0.1, -0.05) is 6.07 Å². The highest BCUT2D eigenvalue weighted by Gasteiger charge is 2.39. The number of hydrogen-bond donors (Lipinski definition) is 1. The van der Waals surface area contributed by atoms with Gasteiger partial charge in [0.2, 0.25) is 5.78 Å². The van der Waals surface area contributed by atoms with Gasteiger partial charge in [-0.3, -0.25) is 19.4 Å². The first-order valence-electron chi connectivity index (χ1n) is 10.9. The molecule has 2 aliphatic heterocycles. The Bertz CT molecular complexity index is 1620. The normalized spacial score (nSPS) is 17.6. The van der Waals surface area contributed by atoms with Crippen LogP contribution in [0.25, 0.3) is 17.0 Å². The van der Waals surface area contributed by atoms with E-state index >= 15 is 0 Å². The van der Waals surface area contributed by atoms with Crippen molar-refractivity contribution in [3.05, 3.63) is 99.3 Å². The third-order valence-corrected chi connectivity index (χ3v) is 6.22. The van der Waals surface area contributed by atoms with Gasteiger partial charge in [-0.15, -0.1) is 0 Å². The molecule has 0 saturated heterocycles. The van der Waals surface area contributed by atoms with Crippen LogP contribution in [0.15, 0.2) is 71.5 Å². The summed E-state index contributed by atoms with van der Waals surface area (Å²) in [5, 5.41) is 0.780. The Hall–Kier alpha value is -4.72. The van der Waals surface area contributed by atoms with Crippen LogP contribution in [-0.4, -0.2) is 28.8 Å². The Kier molecular flexibility index (Phi) is 4.74. The van der Waals surface area contributed by atoms with E-state index in [-0.39, 0.29) is 29.3 Å². The maximum Gasteiger partial charge on any atom is 0.312 e. The van der Waals surface area contributed by atoms with E-state index in [9.17, 15) is 14.4 Å². The summed E-state index contributed by atoms with van der Waals surface area (Å²) in [7, 11) is 1.55. The van der Waals surface area contributed by atoms with E-state index < -0.39 is 11.9 Å². The summed E-state index contributed by atoms with van der Waals surface area (Å²) >= 11 is 0. The molecule has 0 radical (unpaired) electrons. The summed E-state index contributed by atoms with van der Waals surface area (Å²) in [5.41, 5.74) is 2.22. The Labute approximate surface area is 198 Å². The summed E-state index contributed by atoms with van der Waals surface area (Å²) in [6.07, 6.45) is 4.81. The molecular formula is C27H18N2O6. The molecule has 2 aromatic heterocycles. The van der Waals surface area contributed by atoms with Gasteiger partial charge in [0.15, 0.2) is 5.76 Å². The fourth-order valence-electron chi connectivity index (χ4n) is 4.57. The van der Waals surface area contributed by atoms with Crippen molar-refractivity contribution in [3.8, 4) is 17.2 Å². The number of H-pyrrole nitrogens is 1. The van der Waals surface area contributed by atoms with Crippen LogP contribution in [0.2, 0.25) is 0 Å². The molecule has 4 heterocycles. The number of aromatic nitrogens is 2. The lowest BCUT2D eigenvalue weighted by atomic mass is 9.85. The topological polar surface area (TPSA) is 108 Å². The predicted octanol–water partition coefficient (Wildman–Crippen LogP) is 3.99. The number of rotatable bonds is 3. The summed E-state index contributed by atoms with van der Waals surface area (Å²) in [6, 6.07) is 13.8. The van der Waals surface area contributed by atoms with E-state index in [1.165, 1.54) is 0 Å². The summed E-state index contributed by atoms with van der Waals surface area (Å²) in [4.78, 5) is 45.6. The molecule has 0 amide bonds. The number of hydrogen-bond acceptors (Lipinski definition) is 7. The molecule has 0 unspecified atom stereocenters. The van der Waals surface area contributed by atoms with Gasteiger partial charge in [0.05, 0.1) is 24.6 Å². The highest BCUT2D eigenvalue weighted by atomic mass is 16.5. The van der Waals surface area contributed by atoms with Crippen molar-refractivity contribution < 1.29 is 23.8 Å². The first-order valence-corrected chi connectivity index (χ1v) is 10.9. The minimum atomic E-state index is -0.651. The maximum absolute atomic E-state index is 13.1. The lowest BCUT2D eigenvalue weighted by molar-refractivity contribution is -0.135. The average molecular weight is 466 g/mol. The molecule has 8 nitrogen and oxygen atoms in total. The number of pyridine rings is 2. The third kappa shape index (κ3) is 3.47. The molecule has 0 spiro atoms. The summed E-state index contributed by atoms with van der Waals surface area (Å²) < 4.78 is 16.7. The summed E-state index contributed by atoms with van der Waals surface area (Å²) in [6.45, 7) is 0. The standard InChI is InChI=1S/C27H18N2O6/c1-33-16-5-4-15-10-19(27(32)29-20(15)11-16)18-12-23(30)34-21-7-6-17-25(31)22(35-26(17)24(18)21)9-14-3-2-8-28-13-14/h2-11,13,18H,12H2,1H3,(H,29,32)/b22-9+/t18-/m0/s1. The average Bonchev–Trinajstić information content (AvgIpc) is 3.18. The van der Waals surface area contributed by atoms with Crippen LogP contribution in [0, 0.1) is 0 Å². The van der Waals surface area contributed by atoms with E-state index in [0.29, 0.717) is 39.3 Å². The molecule has 6 rings (SSSR count). The summed E-state index contributed by atoms with van der Waals surface area (Å²) in [5.74, 6) is -0.0818. The van der Waals surface area contributed by atoms with Gasteiger partial charge in [0, 0.05) is 35.5 Å². The maximum atomic E-state index is 13.1. The minimum absolute atomic E-state index is 0.0621. The molecule has 0 aliphatic carbocycles. The highest BCUT2D eigenvalue weighted by Crippen LogP contribution is 2.48. The van der Waals surface area contributed by atoms with Gasteiger partial charge in [0.1, 0.15) is 17.2 Å². The molecule has 8 heteroatoms. The SMILES string of the molecule is COc1ccc2cc([C@@H]3CC(=O)Oc4ccc5c(c43)O/C(=C/c3cccnc3)C5=O)c(=O)[nH]c2c1. The molecule has 0 fully saturated rings. The number of esters is 1. The minimum Gasteiger partial charge on any atom is -0.497 e. The molecule has 2 aromatic carbocycles. The molecule has 35 heavy (non-hydrogen) atoms. The van der Waals surface area contributed by atoms with Crippen LogP contribution in [-0.2, 0) is 4.79 Å². The zero-order valence-corrected chi connectivity index (χ0v) is 18.5. The van der Waals surface area contributed by atoms with Gasteiger partial charge in [-0.2, -0.15) is 0 Å². The number of benzene rings is 2. The van der Waals surface area contributed by atoms with Gasteiger partial charge in [-0.05, 0) is 53.4 Å². The van der Waals surface area contributed by atoms with Gasteiger partial charge >= 0.3 is 5.97 Å². The van der Waals surface area contributed by atoms with Crippen molar-refractivity contribution in [2.45, 2.75) is 12.3 Å². The largest absolute Gasteiger partial charge is 0.497 e. The number of methoxy groups -OCH3 is 1. The fraction of sp³-hybridized carbons (Fsp3) is 0.111. The monoisotopic (exact) mass is 466 g/mol. The van der Waals surface area contributed by atoms with Gasteiger partial charge < -0.3 is 19.2 Å². The Balaban J connectivity index is 1.50. The number of allylic oxidation sites excluding steroid dienone is 1. The number of carbonyl (C=O) groups is 2. The number of aromatic amines is 1. The molecule has 1 N–H and O–H groups in total. The van der Waals surface area contributed by atoms with Gasteiger partial charge in [0.25, 0.3) is 5.56 Å². The third-order valence-electron chi connectivity index (χ3n) is 6.22. The number of nitrogens with zero attached hydrogens (tertiary/aromatic N) is 1. The van der Waals surface area contributed by atoms with Crippen LogP contribution < -0.4 is 19.8 Å². The van der Waals surface area contributed by atoms with Crippen molar-refractivity contribution in [2.24, 2.45) is 0 Å². The lowest BCUT2D eigenvalue weighted by Crippen LogP contribution is -2.26. The Morgan fingerprint density at radius 2 is 1.97 bits per heavy atom. The Morgan fingerprint density at radius 3 is 2.77 bits per heavy atom. The second-order valence-corrected chi connectivity index (χ2v) is 8.32.